The molecule has 0 radical (unpaired) electrons. The van der Waals surface area contributed by atoms with Crippen LogP contribution in [-0.4, -0.2) is 12.0 Å². The molecule has 0 spiro atoms. The van der Waals surface area contributed by atoms with Crippen molar-refractivity contribution in [2.24, 2.45) is 0 Å². The lowest BCUT2D eigenvalue weighted by molar-refractivity contribution is 0.102. The van der Waals surface area contributed by atoms with E-state index in [-0.39, 0.29) is 5.78 Å². The maximum atomic E-state index is 11.9. The molecule has 1 aromatic carbocycles. The van der Waals surface area contributed by atoms with E-state index in [0.29, 0.717) is 0 Å². The first-order valence-electron chi connectivity index (χ1n) is 4.67. The number of carbonyl (C=O) groups is 1. The number of fused-ring (bicyclic) bond motifs is 1. The molecule has 14 heavy (non-hydrogen) atoms. The van der Waals surface area contributed by atoms with Crippen LogP contribution in [-0.2, 0) is 6.42 Å². The van der Waals surface area contributed by atoms with Crippen LogP contribution in [0, 0.1) is 0 Å². The first-order chi connectivity index (χ1) is 6.83. The first kappa shape index (κ1) is 9.53. The van der Waals surface area contributed by atoms with Crippen molar-refractivity contribution in [3.8, 4) is 0 Å². The highest BCUT2D eigenvalue weighted by atomic mass is 32.2. The number of hydrogen-bond acceptors (Lipinski definition) is 2. The zero-order chi connectivity index (χ0) is 9.97. The lowest BCUT2D eigenvalue weighted by Crippen LogP contribution is -2.13. The normalized spacial score (nSPS) is 18.4. The number of benzene rings is 1. The molecule has 0 unspecified atom stereocenters. The van der Waals surface area contributed by atoms with E-state index >= 15 is 0 Å². The molecule has 2 heteroatoms. The Labute approximate surface area is 88.2 Å². The van der Waals surface area contributed by atoms with Crippen molar-refractivity contribution in [2.45, 2.75) is 12.8 Å². The Hall–Kier alpha value is -1.02. The van der Waals surface area contributed by atoms with E-state index in [0.717, 1.165) is 24.0 Å². The summed E-state index contributed by atoms with van der Waals surface area (Å²) in [5.74, 6) is 0.209. The Morgan fingerprint density at radius 1 is 1.29 bits per heavy atom. The predicted octanol–water partition coefficient (Wildman–Crippen LogP) is 3.06. The molecular weight excluding hydrogens is 192 g/mol. The van der Waals surface area contributed by atoms with Crippen LogP contribution in [0.5, 0.6) is 0 Å². The molecule has 1 aromatic rings. The second kappa shape index (κ2) is 4.01. The van der Waals surface area contributed by atoms with E-state index in [1.165, 1.54) is 5.56 Å². The van der Waals surface area contributed by atoms with E-state index in [1.54, 1.807) is 11.8 Å². The van der Waals surface area contributed by atoms with Gasteiger partial charge in [-0.05, 0) is 30.1 Å². The molecule has 1 aliphatic rings. The van der Waals surface area contributed by atoms with Gasteiger partial charge in [0, 0.05) is 11.1 Å². The third-order valence-electron chi connectivity index (χ3n) is 2.48. The topological polar surface area (TPSA) is 17.1 Å². The maximum Gasteiger partial charge on any atom is 0.189 e. The fourth-order valence-corrected chi connectivity index (χ4v) is 2.28. The standard InChI is InChI=1S/C12H12OS/c1-14-8-10-7-6-9-4-2-3-5-11(9)12(10)13/h2-5,8H,6-7H2,1H3. The average molecular weight is 204 g/mol. The molecule has 0 saturated heterocycles. The molecule has 2 rings (SSSR count). The van der Waals surface area contributed by atoms with Crippen molar-refractivity contribution in [3.63, 3.8) is 0 Å². The summed E-state index contributed by atoms with van der Waals surface area (Å²) < 4.78 is 0. The third kappa shape index (κ3) is 1.62. The van der Waals surface area contributed by atoms with Gasteiger partial charge in [0.2, 0.25) is 0 Å². The number of thioether (sulfide) groups is 1. The van der Waals surface area contributed by atoms with Crippen molar-refractivity contribution in [1.82, 2.24) is 0 Å². The monoisotopic (exact) mass is 204 g/mol. The van der Waals surface area contributed by atoms with Crippen LogP contribution in [0.2, 0.25) is 0 Å². The van der Waals surface area contributed by atoms with Gasteiger partial charge in [-0.1, -0.05) is 24.3 Å². The van der Waals surface area contributed by atoms with Gasteiger partial charge in [-0.25, -0.2) is 0 Å². The largest absolute Gasteiger partial charge is 0.289 e. The molecule has 0 heterocycles. The van der Waals surface area contributed by atoms with Crippen LogP contribution in [0.1, 0.15) is 22.3 Å². The van der Waals surface area contributed by atoms with Crippen LogP contribution in [0.25, 0.3) is 0 Å². The van der Waals surface area contributed by atoms with Crippen LogP contribution < -0.4 is 0 Å². The molecule has 0 saturated carbocycles. The summed E-state index contributed by atoms with van der Waals surface area (Å²) in [6.07, 6.45) is 3.87. The lowest BCUT2D eigenvalue weighted by atomic mass is 9.88. The van der Waals surface area contributed by atoms with Gasteiger partial charge in [-0.2, -0.15) is 0 Å². The molecule has 1 aliphatic carbocycles. The fraction of sp³-hybridized carbons (Fsp3) is 0.250. The zero-order valence-corrected chi connectivity index (χ0v) is 8.93. The highest BCUT2D eigenvalue weighted by molar-refractivity contribution is 8.01. The van der Waals surface area contributed by atoms with Gasteiger partial charge in [0.25, 0.3) is 0 Å². The molecule has 0 aromatic heterocycles. The van der Waals surface area contributed by atoms with E-state index in [4.69, 9.17) is 0 Å². The molecule has 0 N–H and O–H groups in total. The number of ketones is 1. The van der Waals surface area contributed by atoms with Crippen molar-refractivity contribution < 1.29 is 4.79 Å². The zero-order valence-electron chi connectivity index (χ0n) is 8.12. The van der Waals surface area contributed by atoms with E-state index < -0.39 is 0 Å². The molecule has 0 fully saturated rings. The van der Waals surface area contributed by atoms with Gasteiger partial charge < -0.3 is 0 Å². The predicted molar refractivity (Wildman–Crippen MR) is 60.7 cm³/mol. The van der Waals surface area contributed by atoms with E-state index in [2.05, 4.69) is 0 Å². The Kier molecular flexibility index (Phi) is 2.73. The Bertz CT molecular complexity index is 393. The number of hydrogen-bond donors (Lipinski definition) is 0. The Morgan fingerprint density at radius 3 is 2.86 bits per heavy atom. The van der Waals surface area contributed by atoms with Crippen molar-refractivity contribution in [2.75, 3.05) is 6.26 Å². The highest BCUT2D eigenvalue weighted by Crippen LogP contribution is 2.25. The first-order valence-corrected chi connectivity index (χ1v) is 5.96. The van der Waals surface area contributed by atoms with Crippen molar-refractivity contribution in [3.05, 3.63) is 46.4 Å². The summed E-state index contributed by atoms with van der Waals surface area (Å²) >= 11 is 1.60. The lowest BCUT2D eigenvalue weighted by Gasteiger charge is -2.16. The summed E-state index contributed by atoms with van der Waals surface area (Å²) in [5, 5.41) is 1.97. The fourth-order valence-electron chi connectivity index (χ4n) is 1.77. The number of allylic oxidation sites excluding steroid dienone is 1. The summed E-state index contributed by atoms with van der Waals surface area (Å²) in [7, 11) is 0. The summed E-state index contributed by atoms with van der Waals surface area (Å²) in [6, 6.07) is 7.89. The molecule has 0 atom stereocenters. The summed E-state index contributed by atoms with van der Waals surface area (Å²) in [4.78, 5) is 11.9. The van der Waals surface area contributed by atoms with Gasteiger partial charge >= 0.3 is 0 Å². The van der Waals surface area contributed by atoms with Crippen LogP contribution in [0.15, 0.2) is 35.2 Å². The molecule has 0 amide bonds. The van der Waals surface area contributed by atoms with Crippen molar-refractivity contribution >= 4 is 17.5 Å². The highest BCUT2D eigenvalue weighted by Gasteiger charge is 2.20. The molecule has 1 nitrogen and oxygen atoms in total. The minimum atomic E-state index is 0.209. The summed E-state index contributed by atoms with van der Waals surface area (Å²) in [5.41, 5.74) is 3.03. The number of rotatable bonds is 1. The SMILES string of the molecule is CSC=C1CCc2ccccc2C1=O. The average Bonchev–Trinajstić information content (AvgIpc) is 2.23. The summed E-state index contributed by atoms with van der Waals surface area (Å²) in [6.45, 7) is 0. The van der Waals surface area contributed by atoms with Gasteiger partial charge in [-0.15, -0.1) is 11.8 Å². The van der Waals surface area contributed by atoms with E-state index in [9.17, 15) is 4.79 Å². The van der Waals surface area contributed by atoms with Crippen LogP contribution in [0.4, 0.5) is 0 Å². The molecule has 0 aliphatic heterocycles. The smallest absolute Gasteiger partial charge is 0.189 e. The molecule has 0 bridgehead atoms. The second-order valence-electron chi connectivity index (χ2n) is 3.37. The van der Waals surface area contributed by atoms with Crippen molar-refractivity contribution in [1.29, 1.82) is 0 Å². The number of carbonyl (C=O) groups excluding carboxylic acids is 1. The maximum absolute atomic E-state index is 11.9. The van der Waals surface area contributed by atoms with Gasteiger partial charge in [0.1, 0.15) is 0 Å². The van der Waals surface area contributed by atoms with Gasteiger partial charge in [0.15, 0.2) is 5.78 Å². The molecule has 72 valence electrons. The van der Waals surface area contributed by atoms with Crippen LogP contribution >= 0.6 is 11.8 Å². The second-order valence-corrected chi connectivity index (χ2v) is 4.07. The van der Waals surface area contributed by atoms with Crippen LogP contribution in [0.3, 0.4) is 0 Å². The minimum Gasteiger partial charge on any atom is -0.289 e. The quantitative estimate of drug-likeness (QED) is 0.654. The number of aryl methyl sites for hydroxylation is 1. The van der Waals surface area contributed by atoms with Gasteiger partial charge in [0.05, 0.1) is 0 Å². The Balaban J connectivity index is 2.41. The molecular formula is C12H12OS. The van der Waals surface area contributed by atoms with Gasteiger partial charge in [-0.3, -0.25) is 4.79 Å². The number of Topliss-reactive ketones (excluding diaryl/α,β-unsaturated/α-hetero) is 1. The van der Waals surface area contributed by atoms with E-state index in [1.807, 2.05) is 35.9 Å². The Morgan fingerprint density at radius 2 is 2.07 bits per heavy atom. The third-order valence-corrected chi connectivity index (χ3v) is 3.00. The minimum absolute atomic E-state index is 0.209.